The van der Waals surface area contributed by atoms with Gasteiger partial charge in [0.05, 0.1) is 6.04 Å². The van der Waals surface area contributed by atoms with E-state index in [9.17, 15) is 4.79 Å². The van der Waals surface area contributed by atoms with E-state index in [0.717, 1.165) is 12.0 Å². The normalized spacial score (nSPS) is 12.9. The Balaban J connectivity index is 2.17. The Kier molecular flexibility index (Phi) is 4.17. The summed E-state index contributed by atoms with van der Waals surface area (Å²) < 4.78 is 0. The van der Waals surface area contributed by atoms with Crippen LogP contribution < -0.4 is 5.32 Å². The average molecular weight is 272 g/mol. The largest absolute Gasteiger partial charge is 0.342 e. The van der Waals surface area contributed by atoms with Gasteiger partial charge in [0.1, 0.15) is 0 Å². The molecule has 0 aliphatic carbocycles. The monoisotopic (exact) mass is 272 g/mol. The Morgan fingerprint density at radius 3 is 2.75 bits per heavy atom. The molecule has 0 aromatic carbocycles. The molecule has 0 bridgehead atoms. The maximum atomic E-state index is 12.2. The van der Waals surface area contributed by atoms with Crippen LogP contribution in [0.3, 0.4) is 0 Å². The number of nitrogens with one attached hydrogen (secondary N) is 2. The lowest BCUT2D eigenvalue weighted by Crippen LogP contribution is -2.32. The lowest BCUT2D eigenvalue weighted by Gasteiger charge is -2.26. The molecule has 2 aromatic heterocycles. The molecule has 2 rings (SSSR count). The number of rotatable bonds is 4. The predicted octanol–water partition coefficient (Wildman–Crippen LogP) is 2.71. The van der Waals surface area contributed by atoms with Crippen LogP contribution in [0.5, 0.6) is 0 Å². The summed E-state index contributed by atoms with van der Waals surface area (Å²) in [7, 11) is 0. The first-order valence-corrected chi connectivity index (χ1v) is 6.66. The molecule has 0 spiro atoms. The molecule has 1 unspecified atom stereocenters. The zero-order valence-electron chi connectivity index (χ0n) is 12.1. The van der Waals surface area contributed by atoms with Crippen LogP contribution in [0.2, 0.25) is 0 Å². The third-order valence-corrected chi connectivity index (χ3v) is 2.92. The number of pyridine rings is 1. The molecule has 2 heterocycles. The van der Waals surface area contributed by atoms with Crippen molar-refractivity contribution < 1.29 is 4.79 Å². The highest BCUT2D eigenvalue weighted by atomic mass is 16.2. The Bertz CT molecular complexity index is 543. The van der Waals surface area contributed by atoms with Gasteiger partial charge >= 0.3 is 0 Å². The summed E-state index contributed by atoms with van der Waals surface area (Å²) in [6.07, 6.45) is 7.55. The van der Waals surface area contributed by atoms with Crippen LogP contribution in [0.4, 0.5) is 0 Å². The van der Waals surface area contributed by atoms with Gasteiger partial charge in [-0.2, -0.15) is 0 Å². The third-order valence-electron chi connectivity index (χ3n) is 2.92. The van der Waals surface area contributed by atoms with Crippen LogP contribution in [0.25, 0.3) is 0 Å². The van der Waals surface area contributed by atoms with E-state index in [2.05, 4.69) is 41.0 Å². The Hall–Kier alpha value is -2.17. The van der Waals surface area contributed by atoms with Crippen molar-refractivity contribution in [2.75, 3.05) is 0 Å². The molecular weight excluding hydrogens is 252 g/mol. The lowest BCUT2D eigenvalue weighted by molar-refractivity contribution is 0.0916. The van der Waals surface area contributed by atoms with E-state index in [-0.39, 0.29) is 17.4 Å². The minimum Gasteiger partial charge on any atom is -0.342 e. The van der Waals surface area contributed by atoms with Crippen molar-refractivity contribution in [3.63, 3.8) is 0 Å². The number of carbonyl (C=O) groups excluding carboxylic acids is 1. The SMILES string of the molecule is CC(C)(C)CC(NC(=O)c1ncc[nH]1)c1cccnc1. The zero-order valence-corrected chi connectivity index (χ0v) is 12.1. The molecule has 2 N–H and O–H groups in total. The number of nitrogens with zero attached hydrogens (tertiary/aromatic N) is 2. The van der Waals surface area contributed by atoms with Crippen LogP contribution >= 0.6 is 0 Å². The Morgan fingerprint density at radius 2 is 2.20 bits per heavy atom. The first kappa shape index (κ1) is 14.2. The molecule has 0 fully saturated rings. The van der Waals surface area contributed by atoms with E-state index < -0.39 is 0 Å². The van der Waals surface area contributed by atoms with Gasteiger partial charge in [-0.25, -0.2) is 4.98 Å². The summed E-state index contributed by atoms with van der Waals surface area (Å²) in [5.74, 6) is 0.126. The van der Waals surface area contributed by atoms with E-state index >= 15 is 0 Å². The van der Waals surface area contributed by atoms with E-state index in [4.69, 9.17) is 0 Å². The smallest absolute Gasteiger partial charge is 0.287 e. The number of carbonyl (C=O) groups is 1. The fraction of sp³-hybridized carbons (Fsp3) is 0.400. The maximum Gasteiger partial charge on any atom is 0.287 e. The molecule has 2 aromatic rings. The van der Waals surface area contributed by atoms with E-state index in [0.29, 0.717) is 5.82 Å². The van der Waals surface area contributed by atoms with Crippen LogP contribution in [0.1, 0.15) is 49.4 Å². The second-order valence-corrected chi connectivity index (χ2v) is 6.01. The zero-order chi connectivity index (χ0) is 14.6. The summed E-state index contributed by atoms with van der Waals surface area (Å²) in [6.45, 7) is 6.44. The maximum absolute atomic E-state index is 12.2. The molecule has 20 heavy (non-hydrogen) atoms. The first-order valence-electron chi connectivity index (χ1n) is 6.66. The molecule has 0 saturated heterocycles. The Labute approximate surface area is 118 Å². The van der Waals surface area contributed by atoms with Crippen molar-refractivity contribution in [1.82, 2.24) is 20.3 Å². The third kappa shape index (κ3) is 3.91. The van der Waals surface area contributed by atoms with Gasteiger partial charge in [-0.1, -0.05) is 26.8 Å². The summed E-state index contributed by atoms with van der Waals surface area (Å²) in [5.41, 5.74) is 1.10. The molecule has 1 atom stereocenters. The van der Waals surface area contributed by atoms with E-state index in [1.165, 1.54) is 0 Å². The number of aromatic nitrogens is 3. The van der Waals surface area contributed by atoms with Gasteiger partial charge in [-0.3, -0.25) is 9.78 Å². The van der Waals surface area contributed by atoms with Crippen LogP contribution in [0, 0.1) is 5.41 Å². The van der Waals surface area contributed by atoms with Gasteiger partial charge in [0, 0.05) is 24.8 Å². The van der Waals surface area contributed by atoms with Crippen molar-refractivity contribution in [1.29, 1.82) is 0 Å². The highest BCUT2D eigenvalue weighted by Gasteiger charge is 2.23. The average Bonchev–Trinajstić information content (AvgIpc) is 2.91. The molecule has 5 nitrogen and oxygen atoms in total. The molecule has 0 aliphatic rings. The van der Waals surface area contributed by atoms with Crippen LogP contribution in [0.15, 0.2) is 36.9 Å². The van der Waals surface area contributed by atoms with Crippen LogP contribution in [-0.4, -0.2) is 20.9 Å². The van der Waals surface area contributed by atoms with Crippen molar-refractivity contribution in [3.8, 4) is 0 Å². The molecule has 0 aliphatic heterocycles. The second-order valence-electron chi connectivity index (χ2n) is 6.01. The van der Waals surface area contributed by atoms with Crippen molar-refractivity contribution >= 4 is 5.91 Å². The molecule has 1 amide bonds. The number of imidazole rings is 1. The molecular formula is C15H20N4O. The van der Waals surface area contributed by atoms with E-state index in [1.807, 2.05) is 12.1 Å². The quantitative estimate of drug-likeness (QED) is 0.899. The van der Waals surface area contributed by atoms with Gasteiger partial charge in [0.2, 0.25) is 0 Å². The number of hydrogen-bond donors (Lipinski definition) is 2. The van der Waals surface area contributed by atoms with Gasteiger partial charge in [0.25, 0.3) is 5.91 Å². The molecule has 106 valence electrons. The Morgan fingerprint density at radius 1 is 1.40 bits per heavy atom. The van der Waals surface area contributed by atoms with Crippen molar-refractivity contribution in [2.24, 2.45) is 5.41 Å². The summed E-state index contributed by atoms with van der Waals surface area (Å²) >= 11 is 0. The standard InChI is InChI=1S/C15H20N4O/c1-15(2,3)9-12(11-5-4-6-16-10-11)19-14(20)13-17-7-8-18-13/h4-8,10,12H,9H2,1-3H3,(H,17,18)(H,19,20). The highest BCUT2D eigenvalue weighted by Crippen LogP contribution is 2.29. The van der Waals surface area contributed by atoms with Crippen molar-refractivity contribution in [3.05, 3.63) is 48.3 Å². The topological polar surface area (TPSA) is 70.7 Å². The first-order chi connectivity index (χ1) is 9.46. The summed E-state index contributed by atoms with van der Waals surface area (Å²) in [4.78, 5) is 23.1. The van der Waals surface area contributed by atoms with Gasteiger partial charge in [-0.05, 0) is 23.5 Å². The fourth-order valence-electron chi connectivity index (χ4n) is 2.06. The summed E-state index contributed by atoms with van der Waals surface area (Å²) in [5, 5.41) is 3.02. The lowest BCUT2D eigenvalue weighted by atomic mass is 9.86. The van der Waals surface area contributed by atoms with Gasteiger partial charge in [-0.15, -0.1) is 0 Å². The van der Waals surface area contributed by atoms with Gasteiger partial charge < -0.3 is 10.3 Å². The fourth-order valence-corrected chi connectivity index (χ4v) is 2.06. The number of H-pyrrole nitrogens is 1. The number of amides is 1. The van der Waals surface area contributed by atoms with E-state index in [1.54, 1.807) is 24.8 Å². The highest BCUT2D eigenvalue weighted by molar-refractivity contribution is 5.90. The molecule has 0 radical (unpaired) electrons. The molecule has 0 saturated carbocycles. The number of hydrogen-bond acceptors (Lipinski definition) is 3. The van der Waals surface area contributed by atoms with Crippen molar-refractivity contribution in [2.45, 2.75) is 33.2 Å². The minimum absolute atomic E-state index is 0.0821. The van der Waals surface area contributed by atoms with Crippen LogP contribution in [-0.2, 0) is 0 Å². The second kappa shape index (κ2) is 5.86. The minimum atomic E-state index is -0.201. The van der Waals surface area contributed by atoms with Gasteiger partial charge in [0.15, 0.2) is 5.82 Å². The number of aromatic amines is 1. The predicted molar refractivity (Wildman–Crippen MR) is 77.1 cm³/mol. The molecule has 5 heteroatoms. The summed E-state index contributed by atoms with van der Waals surface area (Å²) in [6, 6.07) is 3.77.